The number of hydrogen-bond acceptors (Lipinski definition) is 2. The average molecular weight is 144 g/mol. The second-order valence-corrected chi connectivity index (χ2v) is 2.57. The predicted octanol–water partition coefficient (Wildman–Crippen LogP) is 0.932. The number of aldehydes is 1. The molecule has 2 atom stereocenters. The van der Waals surface area contributed by atoms with Crippen molar-refractivity contribution in [1.29, 1.82) is 0 Å². The van der Waals surface area contributed by atoms with E-state index in [1.807, 2.05) is 0 Å². The zero-order valence-corrected chi connectivity index (χ0v) is 6.20. The Hall–Kier alpha value is -0.860. The molecule has 0 saturated carbocycles. The molecule has 0 saturated heterocycles. The van der Waals surface area contributed by atoms with Gasteiger partial charge in [-0.15, -0.1) is 0 Å². The molecule has 0 fully saturated rings. The molecule has 1 N–H and O–H groups in total. The maximum Gasteiger partial charge on any atom is 0.303 e. The molecule has 0 radical (unpaired) electrons. The first-order chi connectivity index (χ1) is 4.57. The van der Waals surface area contributed by atoms with Crippen LogP contribution < -0.4 is 0 Å². The normalized spacial score (nSPS) is 15.8. The molecule has 3 heteroatoms. The molecule has 0 aliphatic rings. The highest BCUT2D eigenvalue weighted by Crippen LogP contribution is 2.11. The molecule has 0 aromatic carbocycles. The van der Waals surface area contributed by atoms with E-state index in [1.165, 1.54) is 0 Å². The molecule has 0 bridgehead atoms. The molecule has 0 rings (SSSR count). The van der Waals surface area contributed by atoms with Crippen LogP contribution in [0.2, 0.25) is 0 Å². The molecule has 0 spiro atoms. The second-order valence-electron chi connectivity index (χ2n) is 2.57. The summed E-state index contributed by atoms with van der Waals surface area (Å²) in [5.41, 5.74) is 0. The Morgan fingerprint density at radius 2 is 2.10 bits per heavy atom. The summed E-state index contributed by atoms with van der Waals surface area (Å²) in [6, 6.07) is 0. The van der Waals surface area contributed by atoms with E-state index >= 15 is 0 Å². The summed E-state index contributed by atoms with van der Waals surface area (Å²) >= 11 is 0. The summed E-state index contributed by atoms with van der Waals surface area (Å²) in [6.07, 6.45) is 0.855. The van der Waals surface area contributed by atoms with Crippen LogP contribution in [0.15, 0.2) is 0 Å². The molecule has 0 aliphatic carbocycles. The molecule has 2 unspecified atom stereocenters. The molecule has 0 aliphatic heterocycles. The van der Waals surface area contributed by atoms with E-state index < -0.39 is 5.97 Å². The molecule has 3 nitrogen and oxygen atoms in total. The first-order valence-electron chi connectivity index (χ1n) is 3.25. The SMILES string of the molecule is CC(C=O)C(C)CC(=O)O. The van der Waals surface area contributed by atoms with Crippen molar-refractivity contribution in [2.75, 3.05) is 0 Å². The van der Waals surface area contributed by atoms with Gasteiger partial charge in [-0.1, -0.05) is 13.8 Å². The molecule has 0 aromatic heterocycles. The summed E-state index contributed by atoms with van der Waals surface area (Å²) in [4.78, 5) is 20.2. The van der Waals surface area contributed by atoms with Gasteiger partial charge in [0.05, 0.1) is 0 Å². The van der Waals surface area contributed by atoms with Crippen molar-refractivity contribution in [3.8, 4) is 0 Å². The topological polar surface area (TPSA) is 54.4 Å². The first kappa shape index (κ1) is 9.14. The molecule has 0 heterocycles. The van der Waals surface area contributed by atoms with Crippen LogP contribution in [-0.2, 0) is 9.59 Å². The third-order valence-corrected chi connectivity index (χ3v) is 1.61. The summed E-state index contributed by atoms with van der Waals surface area (Å²) < 4.78 is 0. The van der Waals surface area contributed by atoms with Crippen LogP contribution >= 0.6 is 0 Å². The Morgan fingerprint density at radius 3 is 2.40 bits per heavy atom. The zero-order valence-electron chi connectivity index (χ0n) is 6.20. The maximum absolute atomic E-state index is 10.1. The Bertz CT molecular complexity index is 131. The lowest BCUT2D eigenvalue weighted by Gasteiger charge is -2.09. The zero-order chi connectivity index (χ0) is 8.15. The minimum atomic E-state index is -0.846. The van der Waals surface area contributed by atoms with Gasteiger partial charge in [-0.25, -0.2) is 0 Å². The van der Waals surface area contributed by atoms with Gasteiger partial charge in [-0.2, -0.15) is 0 Å². The van der Waals surface area contributed by atoms with Crippen molar-refractivity contribution in [2.45, 2.75) is 20.3 Å². The van der Waals surface area contributed by atoms with E-state index in [1.54, 1.807) is 13.8 Å². The summed E-state index contributed by atoms with van der Waals surface area (Å²) in [5, 5.41) is 8.31. The quantitative estimate of drug-likeness (QED) is 0.597. The number of hydrogen-bond donors (Lipinski definition) is 1. The molecule has 0 aromatic rings. The minimum Gasteiger partial charge on any atom is -0.481 e. The van der Waals surface area contributed by atoms with Gasteiger partial charge in [0.2, 0.25) is 0 Å². The van der Waals surface area contributed by atoms with Gasteiger partial charge in [0.15, 0.2) is 0 Å². The number of carbonyl (C=O) groups is 2. The largest absolute Gasteiger partial charge is 0.481 e. The molecular formula is C7H12O3. The van der Waals surface area contributed by atoms with Crippen molar-refractivity contribution in [3.63, 3.8) is 0 Å². The van der Waals surface area contributed by atoms with Gasteiger partial charge in [-0.05, 0) is 5.92 Å². The molecular weight excluding hydrogens is 132 g/mol. The van der Waals surface area contributed by atoms with E-state index in [4.69, 9.17) is 5.11 Å². The van der Waals surface area contributed by atoms with Gasteiger partial charge in [0.1, 0.15) is 6.29 Å². The van der Waals surface area contributed by atoms with Gasteiger partial charge in [-0.3, -0.25) is 4.79 Å². The smallest absolute Gasteiger partial charge is 0.303 e. The lowest BCUT2D eigenvalue weighted by atomic mass is 9.94. The van der Waals surface area contributed by atoms with Crippen LogP contribution in [0.25, 0.3) is 0 Å². The van der Waals surface area contributed by atoms with E-state index in [9.17, 15) is 9.59 Å². The third-order valence-electron chi connectivity index (χ3n) is 1.61. The maximum atomic E-state index is 10.1. The Balaban J connectivity index is 3.71. The highest BCUT2D eigenvalue weighted by molar-refractivity contribution is 5.68. The van der Waals surface area contributed by atoms with Crippen LogP contribution in [0.1, 0.15) is 20.3 Å². The Labute approximate surface area is 60.0 Å². The lowest BCUT2D eigenvalue weighted by molar-refractivity contribution is -0.138. The van der Waals surface area contributed by atoms with Crippen LogP contribution in [0.4, 0.5) is 0 Å². The van der Waals surface area contributed by atoms with Crippen molar-refractivity contribution in [1.82, 2.24) is 0 Å². The highest BCUT2D eigenvalue weighted by Gasteiger charge is 2.13. The highest BCUT2D eigenvalue weighted by atomic mass is 16.4. The predicted molar refractivity (Wildman–Crippen MR) is 36.6 cm³/mol. The van der Waals surface area contributed by atoms with Crippen LogP contribution in [0, 0.1) is 11.8 Å². The summed E-state index contributed by atoms with van der Waals surface area (Å²) in [7, 11) is 0. The van der Waals surface area contributed by atoms with E-state index in [0.717, 1.165) is 6.29 Å². The third kappa shape index (κ3) is 3.22. The van der Waals surface area contributed by atoms with E-state index in [2.05, 4.69) is 0 Å². The van der Waals surface area contributed by atoms with E-state index in [0.29, 0.717) is 0 Å². The van der Waals surface area contributed by atoms with Crippen molar-refractivity contribution in [2.24, 2.45) is 11.8 Å². The second kappa shape index (κ2) is 4.04. The fraction of sp³-hybridized carbons (Fsp3) is 0.714. The minimum absolute atomic E-state index is 0.0602. The number of carboxylic acids is 1. The van der Waals surface area contributed by atoms with Gasteiger partial charge >= 0.3 is 5.97 Å². The molecule has 58 valence electrons. The standard InChI is InChI=1S/C7H12O3/c1-5(3-7(9)10)6(2)4-8/h4-6H,3H2,1-2H3,(H,9,10). The number of carboxylic acid groups (broad SMARTS) is 1. The summed E-state index contributed by atoms with van der Waals surface area (Å²) in [6.45, 7) is 3.48. The van der Waals surface area contributed by atoms with Crippen molar-refractivity contribution in [3.05, 3.63) is 0 Å². The Morgan fingerprint density at radius 1 is 1.60 bits per heavy atom. The van der Waals surface area contributed by atoms with Gasteiger partial charge in [0, 0.05) is 12.3 Å². The van der Waals surface area contributed by atoms with Gasteiger partial charge < -0.3 is 9.90 Å². The monoisotopic (exact) mass is 144 g/mol. The van der Waals surface area contributed by atoms with E-state index in [-0.39, 0.29) is 18.3 Å². The number of aliphatic carboxylic acids is 1. The van der Waals surface area contributed by atoms with Crippen molar-refractivity contribution >= 4 is 12.3 Å². The van der Waals surface area contributed by atoms with Crippen LogP contribution in [-0.4, -0.2) is 17.4 Å². The average Bonchev–Trinajstić information content (AvgIpc) is 1.85. The fourth-order valence-electron chi connectivity index (χ4n) is 0.595. The van der Waals surface area contributed by atoms with Crippen molar-refractivity contribution < 1.29 is 14.7 Å². The number of rotatable bonds is 4. The van der Waals surface area contributed by atoms with Crippen LogP contribution in [0.3, 0.4) is 0 Å². The summed E-state index contributed by atoms with van der Waals surface area (Å²) in [5.74, 6) is -1.06. The molecule has 10 heavy (non-hydrogen) atoms. The molecule has 0 amide bonds. The fourth-order valence-corrected chi connectivity index (χ4v) is 0.595. The van der Waals surface area contributed by atoms with Crippen LogP contribution in [0.5, 0.6) is 0 Å². The first-order valence-corrected chi connectivity index (χ1v) is 3.25. The van der Waals surface area contributed by atoms with Gasteiger partial charge in [0.25, 0.3) is 0 Å². The number of carbonyl (C=O) groups excluding carboxylic acids is 1. The lowest BCUT2D eigenvalue weighted by Crippen LogP contribution is -2.13. The Kier molecular flexibility index (Phi) is 3.69.